The van der Waals surface area contributed by atoms with Gasteiger partial charge in [0.2, 0.25) is 23.6 Å². The maximum Gasteiger partial charge on any atom is 0.403 e. The molecule has 12 heteroatoms. The van der Waals surface area contributed by atoms with E-state index in [2.05, 4.69) is 16.0 Å². The number of nitriles is 1. The molecular weight excluding hydrogens is 515 g/mol. The molecule has 0 aromatic heterocycles. The highest BCUT2D eigenvalue weighted by Gasteiger charge is 2.70. The molecule has 0 unspecified atom stereocenters. The molecule has 4 rings (SSSR count). The van der Waals surface area contributed by atoms with Crippen molar-refractivity contribution in [3.8, 4) is 6.07 Å². The first-order chi connectivity index (χ1) is 18.2. The van der Waals surface area contributed by atoms with E-state index < -0.39 is 59.3 Å². The van der Waals surface area contributed by atoms with E-state index in [4.69, 9.17) is 0 Å². The third kappa shape index (κ3) is 5.09. The van der Waals surface area contributed by atoms with Crippen LogP contribution >= 0.6 is 0 Å². The number of fused-ring (bicyclic) bond motifs is 1. The molecule has 0 radical (unpaired) electrons. The van der Waals surface area contributed by atoms with Crippen molar-refractivity contribution in [2.75, 3.05) is 13.1 Å². The van der Waals surface area contributed by atoms with Crippen molar-refractivity contribution in [2.45, 2.75) is 90.5 Å². The predicted octanol–water partition coefficient (Wildman–Crippen LogP) is 2.27. The van der Waals surface area contributed by atoms with E-state index in [-0.39, 0.29) is 55.4 Å². The van der Waals surface area contributed by atoms with E-state index in [1.165, 1.54) is 4.90 Å². The number of nitrogens with one attached hydrogen (secondary N) is 3. The van der Waals surface area contributed by atoms with Crippen LogP contribution in [0.2, 0.25) is 0 Å². The molecule has 0 aromatic carbocycles. The van der Waals surface area contributed by atoms with Gasteiger partial charge in [0.15, 0.2) is 0 Å². The quantitative estimate of drug-likeness (QED) is 0.425. The zero-order valence-electron chi connectivity index (χ0n) is 22.9. The molecule has 2 aliphatic carbocycles. The second-order valence-electron chi connectivity index (χ2n) is 12.6. The van der Waals surface area contributed by atoms with Crippen molar-refractivity contribution in [2.24, 2.45) is 34.5 Å². The number of rotatable bonds is 8. The monoisotopic (exact) mass is 553 g/mol. The summed E-state index contributed by atoms with van der Waals surface area (Å²) in [5, 5.41) is 17.6. The number of carbonyl (C=O) groups excluding carboxylic acids is 4. The van der Waals surface area contributed by atoms with Crippen LogP contribution in [0, 0.1) is 45.8 Å². The van der Waals surface area contributed by atoms with Gasteiger partial charge in [-0.05, 0) is 55.3 Å². The summed E-state index contributed by atoms with van der Waals surface area (Å²) in [6, 6.07) is -1.04. The van der Waals surface area contributed by atoms with Gasteiger partial charge >= 0.3 is 6.18 Å². The normalized spacial score (nSPS) is 30.2. The fraction of sp³-hybridized carbons (Fsp3) is 0.815. The summed E-state index contributed by atoms with van der Waals surface area (Å²) in [7, 11) is 0. The Labute approximate surface area is 226 Å². The Morgan fingerprint density at radius 3 is 2.36 bits per heavy atom. The molecule has 4 amide bonds. The number of hydrogen-bond donors (Lipinski definition) is 3. The lowest BCUT2D eigenvalue weighted by atomic mass is 9.67. The van der Waals surface area contributed by atoms with Crippen molar-refractivity contribution in [3.63, 3.8) is 0 Å². The largest absolute Gasteiger partial charge is 0.403 e. The maximum atomic E-state index is 13.8. The molecule has 0 aromatic rings. The van der Waals surface area contributed by atoms with E-state index in [0.717, 1.165) is 6.42 Å². The first kappa shape index (κ1) is 29.2. The van der Waals surface area contributed by atoms with Crippen molar-refractivity contribution < 1.29 is 32.3 Å². The lowest BCUT2D eigenvalue weighted by Crippen LogP contribution is -2.62. The minimum absolute atomic E-state index is 0.0125. The summed E-state index contributed by atoms with van der Waals surface area (Å²) in [5.74, 6) is -3.57. The molecule has 4 aliphatic rings. The minimum atomic E-state index is -4.72. The number of amides is 4. The molecule has 39 heavy (non-hydrogen) atoms. The van der Waals surface area contributed by atoms with Crippen molar-refractivity contribution in [1.82, 2.24) is 20.9 Å². The van der Waals surface area contributed by atoms with Gasteiger partial charge in [-0.2, -0.15) is 18.4 Å². The molecule has 2 aliphatic heterocycles. The van der Waals surface area contributed by atoms with Gasteiger partial charge in [-0.1, -0.05) is 34.1 Å². The summed E-state index contributed by atoms with van der Waals surface area (Å²) in [4.78, 5) is 53.7. The highest BCUT2D eigenvalue weighted by atomic mass is 19.4. The standard InChI is InChI=1S/C27H38F3N5O4/c1-14(2)19(34-24(39)26(8-6-9-26)27(28,29)30)23(38)35-13-17-18(25(17,3)4)20(35)22(37)33-16(12-31)11-15-7-5-10-32-21(15)36/h14-20H,5-11,13H2,1-4H3,(H,32,36)(H,33,37)(H,34,39)/t15-,16-,17-,18-,19-,20-/m0/s1. The summed E-state index contributed by atoms with van der Waals surface area (Å²) < 4.78 is 41.3. The van der Waals surface area contributed by atoms with Crippen LogP contribution in [0.5, 0.6) is 0 Å². The SMILES string of the molecule is CC(C)[C@H](NC(=O)C1(C(F)(F)F)CCC1)C(=O)N1C[C@H]2[C@@H]([C@H]1C(=O)N[C@H](C#N)C[C@@H]1CCCNC1=O)C2(C)C. The third-order valence-electron chi connectivity index (χ3n) is 9.56. The molecule has 6 atom stereocenters. The fourth-order valence-corrected chi connectivity index (χ4v) is 6.70. The molecule has 216 valence electrons. The van der Waals surface area contributed by atoms with Crippen molar-refractivity contribution >= 4 is 23.6 Å². The van der Waals surface area contributed by atoms with Crippen LogP contribution in [-0.4, -0.2) is 65.9 Å². The molecule has 3 N–H and O–H groups in total. The van der Waals surface area contributed by atoms with Crippen molar-refractivity contribution in [3.05, 3.63) is 0 Å². The topological polar surface area (TPSA) is 131 Å². The van der Waals surface area contributed by atoms with Crippen LogP contribution in [0.4, 0.5) is 13.2 Å². The highest BCUT2D eigenvalue weighted by molar-refractivity contribution is 5.95. The van der Waals surface area contributed by atoms with Crippen LogP contribution < -0.4 is 16.0 Å². The number of nitrogens with zero attached hydrogens (tertiary/aromatic N) is 2. The van der Waals surface area contributed by atoms with E-state index in [1.54, 1.807) is 13.8 Å². The van der Waals surface area contributed by atoms with Gasteiger partial charge in [-0.25, -0.2) is 0 Å². The molecule has 2 saturated carbocycles. The van der Waals surface area contributed by atoms with Crippen LogP contribution in [0.1, 0.15) is 66.2 Å². The Bertz CT molecular complexity index is 1060. The smallest absolute Gasteiger partial charge is 0.356 e. The van der Waals surface area contributed by atoms with Crippen LogP contribution in [0.3, 0.4) is 0 Å². The number of likely N-dealkylation sites (tertiary alicyclic amines) is 1. The Balaban J connectivity index is 1.50. The fourth-order valence-electron chi connectivity index (χ4n) is 6.70. The van der Waals surface area contributed by atoms with Gasteiger partial charge in [0, 0.05) is 19.0 Å². The zero-order chi connectivity index (χ0) is 28.9. The molecule has 0 bridgehead atoms. The van der Waals surface area contributed by atoms with Crippen molar-refractivity contribution in [1.29, 1.82) is 5.26 Å². The summed E-state index contributed by atoms with van der Waals surface area (Å²) >= 11 is 0. The van der Waals surface area contributed by atoms with Gasteiger partial charge < -0.3 is 20.9 Å². The summed E-state index contributed by atoms with van der Waals surface area (Å²) in [5.41, 5.74) is -2.72. The van der Waals surface area contributed by atoms with Gasteiger partial charge in [0.25, 0.3) is 0 Å². The molecular formula is C27H38F3N5O4. The Morgan fingerprint density at radius 2 is 1.85 bits per heavy atom. The summed E-state index contributed by atoms with van der Waals surface area (Å²) in [6.07, 6.45) is -3.53. The number of piperidine rings is 2. The molecule has 4 fully saturated rings. The van der Waals surface area contributed by atoms with E-state index in [0.29, 0.717) is 13.0 Å². The Hall–Kier alpha value is -2.84. The highest BCUT2D eigenvalue weighted by Crippen LogP contribution is 2.65. The lowest BCUT2D eigenvalue weighted by molar-refractivity contribution is -0.243. The molecule has 0 spiro atoms. The van der Waals surface area contributed by atoms with Crippen LogP contribution in [0.25, 0.3) is 0 Å². The number of carbonyl (C=O) groups is 4. The zero-order valence-corrected chi connectivity index (χ0v) is 22.9. The number of alkyl halides is 3. The number of hydrogen-bond acceptors (Lipinski definition) is 5. The first-order valence-corrected chi connectivity index (χ1v) is 13.8. The molecule has 9 nitrogen and oxygen atoms in total. The van der Waals surface area contributed by atoms with Gasteiger partial charge in [-0.15, -0.1) is 0 Å². The third-order valence-corrected chi connectivity index (χ3v) is 9.56. The van der Waals surface area contributed by atoms with Crippen LogP contribution in [-0.2, 0) is 19.2 Å². The Kier molecular flexibility index (Phi) is 7.69. The van der Waals surface area contributed by atoms with E-state index >= 15 is 0 Å². The van der Waals surface area contributed by atoms with Gasteiger partial charge in [0.1, 0.15) is 23.5 Å². The maximum absolute atomic E-state index is 13.8. The number of halogens is 3. The Morgan fingerprint density at radius 1 is 1.18 bits per heavy atom. The first-order valence-electron chi connectivity index (χ1n) is 13.8. The van der Waals surface area contributed by atoms with E-state index in [1.807, 2.05) is 19.9 Å². The average Bonchev–Trinajstić information content (AvgIpc) is 3.14. The minimum Gasteiger partial charge on any atom is -0.356 e. The average molecular weight is 554 g/mol. The van der Waals surface area contributed by atoms with Gasteiger partial charge in [-0.3, -0.25) is 19.2 Å². The summed E-state index contributed by atoms with van der Waals surface area (Å²) in [6.45, 7) is 8.07. The van der Waals surface area contributed by atoms with E-state index in [9.17, 15) is 37.6 Å². The predicted molar refractivity (Wildman–Crippen MR) is 133 cm³/mol. The lowest BCUT2D eigenvalue weighted by Gasteiger charge is -2.43. The molecule has 2 heterocycles. The van der Waals surface area contributed by atoms with Crippen LogP contribution in [0.15, 0.2) is 0 Å². The second-order valence-corrected chi connectivity index (χ2v) is 12.6. The van der Waals surface area contributed by atoms with Gasteiger partial charge in [0.05, 0.1) is 6.07 Å². The second kappa shape index (κ2) is 10.3. The molecule has 2 saturated heterocycles.